The largest absolute Gasteiger partial charge is 0.490 e. The van der Waals surface area contributed by atoms with Crippen molar-refractivity contribution in [1.29, 1.82) is 0 Å². The second-order valence-electron chi connectivity index (χ2n) is 4.23. The molecule has 2 nitrogen and oxygen atoms in total. The number of rotatable bonds is 3. The van der Waals surface area contributed by atoms with E-state index in [9.17, 15) is 0 Å². The minimum Gasteiger partial charge on any atom is -0.490 e. The van der Waals surface area contributed by atoms with Gasteiger partial charge in [-0.05, 0) is 39.0 Å². The summed E-state index contributed by atoms with van der Waals surface area (Å²) in [6.07, 6.45) is 2.25. The van der Waals surface area contributed by atoms with E-state index in [1.165, 1.54) is 5.52 Å². The number of ether oxygens (including phenoxy) is 1. The monoisotopic (exact) mass is 227 g/mol. The van der Waals surface area contributed by atoms with Gasteiger partial charge in [-0.3, -0.25) is 0 Å². The fraction of sp³-hybridized carbons (Fsp3) is 0.333. The van der Waals surface area contributed by atoms with E-state index in [0.717, 1.165) is 17.7 Å². The smallest absolute Gasteiger partial charge is 0.129 e. The molecule has 1 aromatic carbocycles. The van der Waals surface area contributed by atoms with E-state index in [-0.39, 0.29) is 6.10 Å². The molecule has 0 aliphatic heterocycles. The molecule has 0 saturated carbocycles. The van der Waals surface area contributed by atoms with E-state index in [1.54, 1.807) is 0 Å². The lowest BCUT2D eigenvalue weighted by atomic mass is 10.2. The van der Waals surface area contributed by atoms with Crippen LogP contribution in [0.5, 0.6) is 5.75 Å². The predicted molar refractivity (Wildman–Crippen MR) is 71.2 cm³/mol. The highest BCUT2D eigenvalue weighted by molar-refractivity contribution is 5.86. The molecular formula is C15H17NO. The van der Waals surface area contributed by atoms with Gasteiger partial charge >= 0.3 is 0 Å². The predicted octanol–water partition coefficient (Wildman–Crippen LogP) is 3.45. The fourth-order valence-corrected chi connectivity index (χ4v) is 1.85. The molecule has 0 atom stereocenters. The van der Waals surface area contributed by atoms with Crippen molar-refractivity contribution in [1.82, 2.24) is 4.57 Å². The van der Waals surface area contributed by atoms with E-state index in [1.807, 2.05) is 32.9 Å². The normalized spacial score (nSPS) is 10.4. The first-order valence-electron chi connectivity index (χ1n) is 5.86. The minimum atomic E-state index is 0.194. The Morgan fingerprint density at radius 2 is 2.12 bits per heavy atom. The molecule has 2 heteroatoms. The number of hydrogen-bond acceptors (Lipinski definition) is 1. The number of aromatic nitrogens is 1. The Bertz CT molecular complexity index is 569. The molecule has 17 heavy (non-hydrogen) atoms. The lowest BCUT2D eigenvalue weighted by Gasteiger charge is -2.11. The number of benzene rings is 1. The zero-order chi connectivity index (χ0) is 12.3. The Labute approximate surface area is 102 Å². The molecule has 0 bridgehead atoms. The zero-order valence-corrected chi connectivity index (χ0v) is 10.5. The molecule has 0 amide bonds. The summed E-state index contributed by atoms with van der Waals surface area (Å²) in [4.78, 5) is 0. The molecule has 0 radical (unpaired) electrons. The van der Waals surface area contributed by atoms with Crippen molar-refractivity contribution in [3.05, 3.63) is 30.5 Å². The van der Waals surface area contributed by atoms with Gasteiger partial charge in [-0.1, -0.05) is 12.0 Å². The maximum atomic E-state index is 5.80. The van der Waals surface area contributed by atoms with Crippen LogP contribution in [0.3, 0.4) is 0 Å². The lowest BCUT2D eigenvalue weighted by Crippen LogP contribution is -2.05. The first-order chi connectivity index (χ1) is 8.22. The lowest BCUT2D eigenvalue weighted by molar-refractivity contribution is 0.245. The highest BCUT2D eigenvalue weighted by atomic mass is 16.5. The SMILES string of the molecule is CC#CCn1ccc2c(OC(C)C)cccc21. The van der Waals surface area contributed by atoms with Crippen molar-refractivity contribution in [3.63, 3.8) is 0 Å². The molecule has 0 N–H and O–H groups in total. The van der Waals surface area contributed by atoms with Gasteiger partial charge < -0.3 is 9.30 Å². The van der Waals surface area contributed by atoms with Crippen molar-refractivity contribution < 1.29 is 4.74 Å². The third-order valence-electron chi connectivity index (χ3n) is 2.56. The van der Waals surface area contributed by atoms with Gasteiger partial charge in [0.2, 0.25) is 0 Å². The third kappa shape index (κ3) is 2.45. The van der Waals surface area contributed by atoms with E-state index >= 15 is 0 Å². The summed E-state index contributed by atoms with van der Waals surface area (Å²) < 4.78 is 7.93. The Morgan fingerprint density at radius 1 is 1.29 bits per heavy atom. The molecule has 0 fully saturated rings. The van der Waals surface area contributed by atoms with E-state index in [4.69, 9.17) is 4.74 Å². The van der Waals surface area contributed by atoms with Crippen LogP contribution in [-0.2, 0) is 6.54 Å². The Balaban J connectivity index is 2.43. The molecule has 2 rings (SSSR count). The average Bonchev–Trinajstić information content (AvgIpc) is 2.70. The van der Waals surface area contributed by atoms with Gasteiger partial charge in [0.25, 0.3) is 0 Å². The van der Waals surface area contributed by atoms with Gasteiger partial charge in [0, 0.05) is 11.6 Å². The van der Waals surface area contributed by atoms with Crippen LogP contribution >= 0.6 is 0 Å². The Kier molecular flexibility index (Phi) is 3.39. The second-order valence-corrected chi connectivity index (χ2v) is 4.23. The molecule has 1 aromatic heterocycles. The number of hydrogen-bond donors (Lipinski definition) is 0. The first-order valence-corrected chi connectivity index (χ1v) is 5.86. The van der Waals surface area contributed by atoms with E-state index < -0.39 is 0 Å². The first kappa shape index (κ1) is 11.6. The van der Waals surface area contributed by atoms with Gasteiger partial charge in [0.05, 0.1) is 18.2 Å². The molecule has 1 heterocycles. The highest BCUT2D eigenvalue weighted by Crippen LogP contribution is 2.27. The third-order valence-corrected chi connectivity index (χ3v) is 2.56. The molecule has 0 unspecified atom stereocenters. The van der Waals surface area contributed by atoms with Crippen LogP contribution in [0.15, 0.2) is 30.5 Å². The standard InChI is InChI=1S/C15H17NO/c1-4-5-10-16-11-9-13-14(16)7-6-8-15(13)17-12(2)3/h6-9,11-12H,10H2,1-3H3. The van der Waals surface area contributed by atoms with Crippen LogP contribution in [0, 0.1) is 11.8 Å². The molecule has 88 valence electrons. The average molecular weight is 227 g/mol. The minimum absolute atomic E-state index is 0.194. The van der Waals surface area contributed by atoms with Crippen molar-refractivity contribution in [2.45, 2.75) is 33.4 Å². The van der Waals surface area contributed by atoms with Crippen molar-refractivity contribution in [2.75, 3.05) is 0 Å². The van der Waals surface area contributed by atoms with Crippen LogP contribution in [0.2, 0.25) is 0 Å². The van der Waals surface area contributed by atoms with Gasteiger partial charge in [-0.25, -0.2) is 0 Å². The highest BCUT2D eigenvalue weighted by Gasteiger charge is 2.06. The van der Waals surface area contributed by atoms with Gasteiger partial charge in [-0.2, -0.15) is 0 Å². The van der Waals surface area contributed by atoms with Gasteiger partial charge in [-0.15, -0.1) is 5.92 Å². The number of fused-ring (bicyclic) bond motifs is 1. The van der Waals surface area contributed by atoms with Crippen LogP contribution in [-0.4, -0.2) is 10.7 Å². The Morgan fingerprint density at radius 3 is 2.82 bits per heavy atom. The summed E-state index contributed by atoms with van der Waals surface area (Å²) >= 11 is 0. The fourth-order valence-electron chi connectivity index (χ4n) is 1.85. The maximum absolute atomic E-state index is 5.80. The topological polar surface area (TPSA) is 14.2 Å². The molecule has 0 spiro atoms. The van der Waals surface area contributed by atoms with Crippen LogP contribution in [0.25, 0.3) is 10.9 Å². The van der Waals surface area contributed by atoms with Crippen LogP contribution < -0.4 is 4.74 Å². The summed E-state index contributed by atoms with van der Waals surface area (Å²) in [5.74, 6) is 6.94. The summed E-state index contributed by atoms with van der Waals surface area (Å²) in [6.45, 7) is 6.67. The number of nitrogens with zero attached hydrogens (tertiary/aromatic N) is 1. The maximum Gasteiger partial charge on any atom is 0.129 e. The summed E-state index contributed by atoms with van der Waals surface area (Å²) in [5.41, 5.74) is 1.17. The molecule has 0 aliphatic carbocycles. The summed E-state index contributed by atoms with van der Waals surface area (Å²) in [5, 5.41) is 1.15. The molecular weight excluding hydrogens is 210 g/mol. The summed E-state index contributed by atoms with van der Waals surface area (Å²) in [7, 11) is 0. The molecule has 2 aromatic rings. The van der Waals surface area contributed by atoms with E-state index in [0.29, 0.717) is 0 Å². The molecule has 0 aliphatic rings. The van der Waals surface area contributed by atoms with Gasteiger partial charge in [0.1, 0.15) is 5.75 Å². The van der Waals surface area contributed by atoms with Crippen molar-refractivity contribution in [3.8, 4) is 17.6 Å². The van der Waals surface area contributed by atoms with Crippen molar-refractivity contribution in [2.24, 2.45) is 0 Å². The van der Waals surface area contributed by atoms with E-state index in [2.05, 4.69) is 34.7 Å². The zero-order valence-electron chi connectivity index (χ0n) is 10.5. The van der Waals surface area contributed by atoms with Crippen LogP contribution in [0.4, 0.5) is 0 Å². The summed E-state index contributed by atoms with van der Waals surface area (Å²) in [6, 6.07) is 8.22. The van der Waals surface area contributed by atoms with Crippen LogP contribution in [0.1, 0.15) is 20.8 Å². The van der Waals surface area contributed by atoms with Crippen molar-refractivity contribution >= 4 is 10.9 Å². The quantitative estimate of drug-likeness (QED) is 0.732. The van der Waals surface area contributed by atoms with Gasteiger partial charge in [0.15, 0.2) is 0 Å². The second kappa shape index (κ2) is 4.97. The molecule has 0 saturated heterocycles. The Hall–Kier alpha value is -1.88.